The van der Waals surface area contributed by atoms with E-state index in [1.165, 1.54) is 17.3 Å². The van der Waals surface area contributed by atoms with Crippen molar-refractivity contribution < 1.29 is 9.53 Å². The van der Waals surface area contributed by atoms with E-state index in [9.17, 15) is 4.79 Å². The number of hydrogen-bond acceptors (Lipinski definition) is 5. The van der Waals surface area contributed by atoms with Crippen LogP contribution >= 0.6 is 11.8 Å². The molecule has 0 saturated heterocycles. The summed E-state index contributed by atoms with van der Waals surface area (Å²) in [4.78, 5) is 12.2. The molecule has 1 N–H and O–H groups in total. The van der Waals surface area contributed by atoms with Gasteiger partial charge in [-0.15, -0.1) is 10.2 Å². The van der Waals surface area contributed by atoms with E-state index in [2.05, 4.69) is 48.4 Å². The molecule has 0 unspecified atom stereocenters. The zero-order valence-electron chi connectivity index (χ0n) is 18.1. The molecule has 30 heavy (non-hydrogen) atoms. The predicted molar refractivity (Wildman–Crippen MR) is 121 cm³/mol. The molecule has 1 amide bonds. The Morgan fingerprint density at radius 1 is 1.13 bits per heavy atom. The zero-order valence-corrected chi connectivity index (χ0v) is 18.9. The van der Waals surface area contributed by atoms with E-state index < -0.39 is 0 Å². The van der Waals surface area contributed by atoms with Crippen LogP contribution < -0.4 is 10.1 Å². The highest BCUT2D eigenvalue weighted by atomic mass is 32.2. The summed E-state index contributed by atoms with van der Waals surface area (Å²) in [5, 5.41) is 12.0. The van der Waals surface area contributed by atoms with Gasteiger partial charge in [-0.25, -0.2) is 0 Å². The van der Waals surface area contributed by atoms with Crippen molar-refractivity contribution in [2.45, 2.75) is 44.9 Å². The zero-order chi connectivity index (χ0) is 21.7. The fraction of sp³-hybridized carbons (Fsp3) is 0.348. The number of ether oxygens (including phenoxy) is 1. The minimum atomic E-state index is -0.0784. The van der Waals surface area contributed by atoms with Gasteiger partial charge >= 0.3 is 0 Å². The standard InChI is InChI=1S/C23H28N4O2S/c1-16-7-6-8-18(13-16)24-21(28)15-30-22-26-25-20(27(22)5)14-29-19-11-9-17(10-12-19)23(2,3)4/h6-13H,14-15H2,1-5H3,(H,24,28). The predicted octanol–water partition coefficient (Wildman–Crippen LogP) is 4.73. The number of benzene rings is 2. The Labute approximate surface area is 182 Å². The molecule has 3 aromatic rings. The number of aromatic nitrogens is 3. The summed E-state index contributed by atoms with van der Waals surface area (Å²) in [7, 11) is 1.88. The minimum absolute atomic E-state index is 0.0784. The van der Waals surface area contributed by atoms with Crippen molar-refractivity contribution in [3.8, 4) is 5.75 Å². The highest BCUT2D eigenvalue weighted by Gasteiger charge is 2.14. The average Bonchev–Trinajstić information content (AvgIpc) is 3.04. The number of carbonyl (C=O) groups excluding carboxylic acids is 1. The van der Waals surface area contributed by atoms with Crippen LogP contribution in [0.5, 0.6) is 5.75 Å². The van der Waals surface area contributed by atoms with Crippen molar-refractivity contribution in [2.75, 3.05) is 11.1 Å². The molecule has 2 aromatic carbocycles. The van der Waals surface area contributed by atoms with E-state index in [1.54, 1.807) is 0 Å². The number of rotatable bonds is 7. The maximum atomic E-state index is 12.2. The third-order valence-corrected chi connectivity index (χ3v) is 5.67. The highest BCUT2D eigenvalue weighted by Crippen LogP contribution is 2.25. The van der Waals surface area contributed by atoms with Crippen LogP contribution in [0.15, 0.2) is 53.7 Å². The topological polar surface area (TPSA) is 69.0 Å². The van der Waals surface area contributed by atoms with Crippen molar-refractivity contribution in [3.05, 3.63) is 65.5 Å². The Hall–Kier alpha value is -2.80. The van der Waals surface area contributed by atoms with E-state index in [0.29, 0.717) is 17.6 Å². The number of nitrogens with one attached hydrogen (secondary N) is 1. The number of hydrogen-bond donors (Lipinski definition) is 1. The molecule has 158 valence electrons. The number of amides is 1. The third-order valence-electron chi connectivity index (χ3n) is 4.65. The molecule has 0 aliphatic heterocycles. The van der Waals surface area contributed by atoms with Crippen molar-refractivity contribution >= 4 is 23.4 Å². The maximum absolute atomic E-state index is 12.2. The van der Waals surface area contributed by atoms with Gasteiger partial charge in [0, 0.05) is 12.7 Å². The number of aryl methyl sites for hydroxylation is 1. The van der Waals surface area contributed by atoms with Crippen molar-refractivity contribution in [1.29, 1.82) is 0 Å². The molecule has 0 radical (unpaired) electrons. The van der Waals surface area contributed by atoms with E-state index in [1.807, 2.05) is 54.9 Å². The molecule has 0 aliphatic carbocycles. The van der Waals surface area contributed by atoms with Gasteiger partial charge in [0.15, 0.2) is 11.0 Å². The monoisotopic (exact) mass is 424 g/mol. The molecular formula is C23H28N4O2S. The van der Waals surface area contributed by atoms with Gasteiger partial charge in [-0.2, -0.15) is 0 Å². The fourth-order valence-electron chi connectivity index (χ4n) is 2.85. The molecule has 0 saturated carbocycles. The van der Waals surface area contributed by atoms with Gasteiger partial charge in [-0.3, -0.25) is 4.79 Å². The molecule has 0 fully saturated rings. The van der Waals surface area contributed by atoms with E-state index in [0.717, 1.165) is 17.0 Å². The average molecular weight is 425 g/mol. The van der Waals surface area contributed by atoms with E-state index in [4.69, 9.17) is 4.74 Å². The first-order valence-electron chi connectivity index (χ1n) is 9.83. The lowest BCUT2D eigenvalue weighted by Crippen LogP contribution is -2.14. The first kappa shape index (κ1) is 21.9. The van der Waals surface area contributed by atoms with Gasteiger partial charge in [-0.1, -0.05) is 56.8 Å². The lowest BCUT2D eigenvalue weighted by molar-refractivity contribution is -0.113. The molecule has 0 aliphatic rings. The van der Waals surface area contributed by atoms with Crippen LogP contribution in [0, 0.1) is 6.92 Å². The lowest BCUT2D eigenvalue weighted by Gasteiger charge is -2.19. The first-order valence-corrected chi connectivity index (χ1v) is 10.8. The molecule has 3 rings (SSSR count). The van der Waals surface area contributed by atoms with Crippen LogP contribution in [0.2, 0.25) is 0 Å². The number of nitrogens with zero attached hydrogens (tertiary/aromatic N) is 3. The summed E-state index contributed by atoms with van der Waals surface area (Å²) in [5.74, 6) is 1.68. The van der Waals surface area contributed by atoms with Crippen molar-refractivity contribution in [1.82, 2.24) is 14.8 Å². The minimum Gasteiger partial charge on any atom is -0.486 e. The lowest BCUT2D eigenvalue weighted by atomic mass is 9.87. The first-order chi connectivity index (χ1) is 14.2. The Morgan fingerprint density at radius 3 is 2.53 bits per heavy atom. The van der Waals surface area contributed by atoms with E-state index >= 15 is 0 Å². The molecular weight excluding hydrogens is 396 g/mol. The molecule has 1 heterocycles. The molecule has 0 bridgehead atoms. The van der Waals surface area contributed by atoms with Crippen LogP contribution in [0.3, 0.4) is 0 Å². The quantitative estimate of drug-likeness (QED) is 0.555. The Bertz CT molecular complexity index is 1010. The van der Waals surface area contributed by atoms with Crippen molar-refractivity contribution in [2.24, 2.45) is 7.05 Å². The Balaban J connectivity index is 1.52. The number of carbonyl (C=O) groups is 1. The second-order valence-electron chi connectivity index (χ2n) is 8.23. The maximum Gasteiger partial charge on any atom is 0.234 e. The molecule has 6 nitrogen and oxygen atoms in total. The largest absolute Gasteiger partial charge is 0.486 e. The summed E-state index contributed by atoms with van der Waals surface area (Å²) < 4.78 is 7.71. The smallest absolute Gasteiger partial charge is 0.234 e. The summed E-state index contributed by atoms with van der Waals surface area (Å²) in [6.07, 6.45) is 0. The van der Waals surface area contributed by atoms with E-state index in [-0.39, 0.29) is 17.1 Å². The second kappa shape index (κ2) is 9.34. The summed E-state index contributed by atoms with van der Waals surface area (Å²) in [6, 6.07) is 15.8. The van der Waals surface area contributed by atoms with Gasteiger partial charge in [0.2, 0.25) is 5.91 Å². The van der Waals surface area contributed by atoms with Crippen LogP contribution in [-0.4, -0.2) is 26.4 Å². The molecule has 7 heteroatoms. The highest BCUT2D eigenvalue weighted by molar-refractivity contribution is 7.99. The van der Waals surface area contributed by atoms with Crippen molar-refractivity contribution in [3.63, 3.8) is 0 Å². The van der Waals surface area contributed by atoms with Crippen LogP contribution in [0.1, 0.15) is 37.7 Å². The van der Waals surface area contributed by atoms with Crippen LogP contribution in [0.25, 0.3) is 0 Å². The SMILES string of the molecule is Cc1cccc(NC(=O)CSc2nnc(COc3ccc(C(C)(C)C)cc3)n2C)c1. The Morgan fingerprint density at radius 2 is 1.87 bits per heavy atom. The van der Waals surface area contributed by atoms with Gasteiger partial charge in [0.25, 0.3) is 0 Å². The summed E-state index contributed by atoms with van der Waals surface area (Å²) in [5.41, 5.74) is 3.27. The number of thioether (sulfide) groups is 1. The van der Waals surface area contributed by atoms with Gasteiger partial charge in [-0.05, 0) is 47.7 Å². The van der Waals surface area contributed by atoms with Gasteiger partial charge < -0.3 is 14.6 Å². The fourth-order valence-corrected chi connectivity index (χ4v) is 3.58. The second-order valence-corrected chi connectivity index (χ2v) is 9.17. The number of anilines is 1. The van der Waals surface area contributed by atoms with Crippen LogP contribution in [-0.2, 0) is 23.9 Å². The van der Waals surface area contributed by atoms with Crippen LogP contribution in [0.4, 0.5) is 5.69 Å². The normalized spacial score (nSPS) is 11.4. The molecule has 0 spiro atoms. The molecule has 0 atom stereocenters. The molecule has 1 aromatic heterocycles. The third kappa shape index (κ3) is 5.86. The van der Waals surface area contributed by atoms with Gasteiger partial charge in [0.1, 0.15) is 12.4 Å². The summed E-state index contributed by atoms with van der Waals surface area (Å²) >= 11 is 1.35. The summed E-state index contributed by atoms with van der Waals surface area (Å²) in [6.45, 7) is 8.86. The Kier molecular flexibility index (Phi) is 6.82. The van der Waals surface area contributed by atoms with Gasteiger partial charge in [0.05, 0.1) is 5.75 Å².